The Kier molecular flexibility index (Phi) is 5.06. The number of hydrogen-bond acceptors (Lipinski definition) is 4. The molecule has 0 saturated carbocycles. The van der Waals surface area contributed by atoms with Gasteiger partial charge in [-0.25, -0.2) is 0 Å². The van der Waals surface area contributed by atoms with Gasteiger partial charge < -0.3 is 15.7 Å². The Hall–Kier alpha value is -2.15. The Balaban J connectivity index is 2.66. The molecule has 0 amide bonds. The summed E-state index contributed by atoms with van der Waals surface area (Å²) in [5.41, 5.74) is 0.335. The quantitative estimate of drug-likeness (QED) is 0.324. The molecule has 0 heterocycles. The summed E-state index contributed by atoms with van der Waals surface area (Å²) in [6.07, 6.45) is 1.65. The molecule has 0 fully saturated rings. The fourth-order valence-corrected chi connectivity index (χ4v) is 1.39. The van der Waals surface area contributed by atoms with Gasteiger partial charge in [-0.2, -0.15) is 0 Å². The zero-order chi connectivity index (χ0) is 13.5. The number of aromatic hydroxyl groups is 1. The van der Waals surface area contributed by atoms with Crippen molar-refractivity contribution in [3.63, 3.8) is 0 Å². The molecule has 96 valence electrons. The van der Waals surface area contributed by atoms with Crippen LogP contribution in [0.2, 0.25) is 0 Å². The van der Waals surface area contributed by atoms with Gasteiger partial charge in [0.2, 0.25) is 0 Å². The van der Waals surface area contributed by atoms with Crippen molar-refractivity contribution < 1.29 is 10.0 Å². The van der Waals surface area contributed by atoms with Crippen LogP contribution >= 0.6 is 12.2 Å². The van der Waals surface area contributed by atoms with Gasteiger partial charge in [0, 0.05) is 30.8 Å². The predicted octanol–water partition coefficient (Wildman–Crippen LogP) is 1.45. The lowest BCUT2D eigenvalue weighted by atomic mass is 10.2. The fourth-order valence-electron chi connectivity index (χ4n) is 1.23. The van der Waals surface area contributed by atoms with Crippen LogP contribution in [0, 0.1) is 10.1 Å². The molecule has 0 aliphatic heterocycles. The topological polar surface area (TPSA) is 87.4 Å². The number of hydrogen-bond donors (Lipinski definition) is 3. The van der Waals surface area contributed by atoms with E-state index in [4.69, 9.17) is 12.2 Å². The van der Waals surface area contributed by atoms with Gasteiger partial charge in [-0.3, -0.25) is 10.1 Å². The molecule has 1 aromatic rings. The van der Waals surface area contributed by atoms with Crippen LogP contribution in [0.25, 0.3) is 0 Å². The average molecular weight is 267 g/mol. The van der Waals surface area contributed by atoms with Crippen LogP contribution in [0.1, 0.15) is 5.56 Å². The molecule has 0 aliphatic rings. The Morgan fingerprint density at radius 3 is 2.89 bits per heavy atom. The van der Waals surface area contributed by atoms with Crippen molar-refractivity contribution in [3.05, 3.63) is 46.5 Å². The van der Waals surface area contributed by atoms with E-state index in [2.05, 4.69) is 17.2 Å². The summed E-state index contributed by atoms with van der Waals surface area (Å²) in [6, 6.07) is 3.83. The highest BCUT2D eigenvalue weighted by molar-refractivity contribution is 7.80. The third kappa shape index (κ3) is 4.02. The maximum Gasteiger partial charge on any atom is 0.270 e. The summed E-state index contributed by atoms with van der Waals surface area (Å²) in [5, 5.41) is 26.2. The van der Waals surface area contributed by atoms with Crippen molar-refractivity contribution in [1.82, 2.24) is 10.6 Å². The number of nitro groups is 1. The smallest absolute Gasteiger partial charge is 0.270 e. The molecule has 18 heavy (non-hydrogen) atoms. The molecule has 1 aromatic carbocycles. The van der Waals surface area contributed by atoms with Crippen molar-refractivity contribution >= 4 is 23.0 Å². The van der Waals surface area contributed by atoms with Crippen molar-refractivity contribution in [2.75, 3.05) is 6.54 Å². The molecular weight excluding hydrogens is 254 g/mol. The molecule has 6 nitrogen and oxygen atoms in total. The Morgan fingerprint density at radius 1 is 1.56 bits per heavy atom. The third-order valence-corrected chi connectivity index (χ3v) is 2.41. The van der Waals surface area contributed by atoms with Crippen LogP contribution in [0.4, 0.5) is 5.69 Å². The van der Waals surface area contributed by atoms with Gasteiger partial charge in [0.25, 0.3) is 5.69 Å². The molecule has 0 aromatic heterocycles. The summed E-state index contributed by atoms with van der Waals surface area (Å²) < 4.78 is 0. The third-order valence-electron chi connectivity index (χ3n) is 2.12. The van der Waals surface area contributed by atoms with Gasteiger partial charge in [0.1, 0.15) is 5.75 Å². The van der Waals surface area contributed by atoms with Gasteiger partial charge in [-0.05, 0) is 18.3 Å². The standard InChI is InChI=1S/C11H13N3O3S/c1-2-5-12-11(18)13-7-8-6-9(14(16)17)3-4-10(8)15/h2-4,6,15H,1,5,7H2,(H2,12,13,18). The monoisotopic (exact) mass is 267 g/mol. The summed E-state index contributed by atoms with van der Waals surface area (Å²) >= 11 is 4.96. The lowest BCUT2D eigenvalue weighted by Gasteiger charge is -2.09. The molecule has 1 rings (SSSR count). The lowest BCUT2D eigenvalue weighted by molar-refractivity contribution is -0.384. The van der Waals surface area contributed by atoms with E-state index in [0.717, 1.165) is 0 Å². The Morgan fingerprint density at radius 2 is 2.28 bits per heavy atom. The molecule has 0 radical (unpaired) electrons. The van der Waals surface area contributed by atoms with E-state index in [9.17, 15) is 15.2 Å². The van der Waals surface area contributed by atoms with Crippen LogP contribution in [-0.4, -0.2) is 21.7 Å². The first-order valence-corrected chi connectivity index (χ1v) is 5.54. The van der Waals surface area contributed by atoms with Crippen molar-refractivity contribution in [2.24, 2.45) is 0 Å². The molecule has 3 N–H and O–H groups in total. The molecule has 0 spiro atoms. The van der Waals surface area contributed by atoms with E-state index in [0.29, 0.717) is 17.2 Å². The van der Waals surface area contributed by atoms with Crippen LogP contribution < -0.4 is 10.6 Å². The minimum Gasteiger partial charge on any atom is -0.508 e. The van der Waals surface area contributed by atoms with Crippen molar-refractivity contribution in [3.8, 4) is 5.75 Å². The number of thiocarbonyl (C=S) groups is 1. The Labute approximate surface area is 109 Å². The second-order valence-corrected chi connectivity index (χ2v) is 3.83. The van der Waals surface area contributed by atoms with E-state index in [1.807, 2.05) is 0 Å². The highest BCUT2D eigenvalue weighted by Gasteiger charge is 2.10. The summed E-state index contributed by atoms with van der Waals surface area (Å²) in [4.78, 5) is 10.1. The van der Waals surface area contributed by atoms with Gasteiger partial charge in [-0.15, -0.1) is 6.58 Å². The van der Waals surface area contributed by atoms with Crippen LogP contribution in [0.5, 0.6) is 5.75 Å². The average Bonchev–Trinajstić information content (AvgIpc) is 2.35. The lowest BCUT2D eigenvalue weighted by Crippen LogP contribution is -2.34. The summed E-state index contributed by atoms with van der Waals surface area (Å²) in [5.74, 6) is -0.0142. The van der Waals surface area contributed by atoms with E-state index in [1.165, 1.54) is 18.2 Å². The Bertz CT molecular complexity index is 477. The second-order valence-electron chi connectivity index (χ2n) is 3.42. The minimum atomic E-state index is -0.517. The minimum absolute atomic E-state index is 0.0142. The van der Waals surface area contributed by atoms with Crippen LogP contribution in [0.3, 0.4) is 0 Å². The molecule has 0 atom stereocenters. The van der Waals surface area contributed by atoms with Crippen LogP contribution in [-0.2, 0) is 6.54 Å². The number of rotatable bonds is 5. The largest absolute Gasteiger partial charge is 0.508 e. The second kappa shape index (κ2) is 6.55. The molecule has 0 saturated heterocycles. The maximum absolute atomic E-state index is 10.6. The van der Waals surface area contributed by atoms with E-state index < -0.39 is 4.92 Å². The number of nitro benzene ring substituents is 1. The zero-order valence-corrected chi connectivity index (χ0v) is 10.4. The maximum atomic E-state index is 10.6. The number of non-ortho nitro benzene ring substituents is 1. The SMILES string of the molecule is C=CCNC(=S)NCc1cc([N+](=O)[O-])ccc1O. The highest BCUT2D eigenvalue weighted by Crippen LogP contribution is 2.22. The molecule has 7 heteroatoms. The molecular formula is C11H13N3O3S. The first-order valence-electron chi connectivity index (χ1n) is 5.13. The molecule has 0 aliphatic carbocycles. The summed E-state index contributed by atoms with van der Waals surface area (Å²) in [6.45, 7) is 4.26. The zero-order valence-electron chi connectivity index (χ0n) is 9.55. The normalized spacial score (nSPS) is 9.56. The fraction of sp³-hybridized carbons (Fsp3) is 0.182. The van der Waals surface area contributed by atoms with E-state index >= 15 is 0 Å². The number of phenolic OH excluding ortho intramolecular Hbond substituents is 1. The molecule has 0 unspecified atom stereocenters. The number of phenols is 1. The number of nitrogens with one attached hydrogen (secondary N) is 2. The number of nitrogens with zero attached hydrogens (tertiary/aromatic N) is 1. The van der Waals surface area contributed by atoms with Gasteiger partial charge >= 0.3 is 0 Å². The van der Waals surface area contributed by atoms with Gasteiger partial charge in [0.05, 0.1) is 4.92 Å². The highest BCUT2D eigenvalue weighted by atomic mass is 32.1. The first kappa shape index (κ1) is 13.9. The van der Waals surface area contributed by atoms with Crippen molar-refractivity contribution in [1.29, 1.82) is 0 Å². The first-order chi connectivity index (χ1) is 8.54. The van der Waals surface area contributed by atoms with E-state index in [1.54, 1.807) is 6.08 Å². The van der Waals surface area contributed by atoms with E-state index in [-0.39, 0.29) is 18.0 Å². The molecule has 0 bridgehead atoms. The van der Waals surface area contributed by atoms with Gasteiger partial charge in [0.15, 0.2) is 5.11 Å². The van der Waals surface area contributed by atoms with Crippen molar-refractivity contribution in [2.45, 2.75) is 6.54 Å². The predicted molar refractivity (Wildman–Crippen MR) is 72.4 cm³/mol. The van der Waals surface area contributed by atoms with Gasteiger partial charge in [-0.1, -0.05) is 6.08 Å². The summed E-state index contributed by atoms with van der Waals surface area (Å²) in [7, 11) is 0. The number of benzene rings is 1. The van der Waals surface area contributed by atoms with Crippen LogP contribution in [0.15, 0.2) is 30.9 Å².